The van der Waals surface area contributed by atoms with Crippen molar-refractivity contribution in [2.75, 3.05) is 6.54 Å². The standard InChI is InChI=1S/C23H33N3O3/c1-5-17-6-8-18(9-7-17)20(15(2)3)24-19(27)14-26-21(28)23(25-22(26)29)12-10-16(4)11-13-23/h6-9,15-16,20H,5,10-14H2,1-4H3,(H,24,27)(H,25,29)/t16?,20-,23?/m0/s1. The summed E-state index contributed by atoms with van der Waals surface area (Å²) in [6.07, 6.45) is 4.08. The Hall–Kier alpha value is -2.37. The highest BCUT2D eigenvalue weighted by Gasteiger charge is 2.52. The Balaban J connectivity index is 1.66. The fourth-order valence-electron chi connectivity index (χ4n) is 4.37. The van der Waals surface area contributed by atoms with Crippen LogP contribution in [0.5, 0.6) is 0 Å². The van der Waals surface area contributed by atoms with Gasteiger partial charge < -0.3 is 10.6 Å². The molecule has 6 heteroatoms. The van der Waals surface area contributed by atoms with E-state index in [-0.39, 0.29) is 30.3 Å². The number of urea groups is 1. The Bertz CT molecular complexity index is 764. The molecule has 4 amide bonds. The molecule has 0 radical (unpaired) electrons. The van der Waals surface area contributed by atoms with Crippen LogP contribution in [0.4, 0.5) is 4.79 Å². The largest absolute Gasteiger partial charge is 0.347 e. The summed E-state index contributed by atoms with van der Waals surface area (Å²) in [5.41, 5.74) is 1.46. The minimum Gasteiger partial charge on any atom is -0.347 e. The van der Waals surface area contributed by atoms with Crippen molar-refractivity contribution in [1.29, 1.82) is 0 Å². The van der Waals surface area contributed by atoms with Gasteiger partial charge in [-0.25, -0.2) is 4.79 Å². The Morgan fingerprint density at radius 2 is 1.83 bits per heavy atom. The van der Waals surface area contributed by atoms with Crippen LogP contribution < -0.4 is 10.6 Å². The van der Waals surface area contributed by atoms with Crippen LogP contribution >= 0.6 is 0 Å². The fraction of sp³-hybridized carbons (Fsp3) is 0.609. The summed E-state index contributed by atoms with van der Waals surface area (Å²) in [5, 5.41) is 5.90. The minimum absolute atomic E-state index is 0.168. The monoisotopic (exact) mass is 399 g/mol. The van der Waals surface area contributed by atoms with E-state index in [2.05, 4.69) is 36.6 Å². The summed E-state index contributed by atoms with van der Waals surface area (Å²) in [5.74, 6) is 0.181. The van der Waals surface area contributed by atoms with Crippen molar-refractivity contribution in [2.45, 2.75) is 71.4 Å². The minimum atomic E-state index is -0.808. The topological polar surface area (TPSA) is 78.5 Å². The van der Waals surface area contributed by atoms with Gasteiger partial charge >= 0.3 is 6.03 Å². The van der Waals surface area contributed by atoms with Gasteiger partial charge in [0.1, 0.15) is 12.1 Å². The summed E-state index contributed by atoms with van der Waals surface area (Å²) in [7, 11) is 0. The first-order valence-corrected chi connectivity index (χ1v) is 10.8. The molecule has 158 valence electrons. The average molecular weight is 400 g/mol. The molecule has 29 heavy (non-hydrogen) atoms. The highest BCUT2D eigenvalue weighted by atomic mass is 16.2. The number of hydrogen-bond acceptors (Lipinski definition) is 3. The maximum Gasteiger partial charge on any atom is 0.325 e. The van der Waals surface area contributed by atoms with Crippen molar-refractivity contribution < 1.29 is 14.4 Å². The molecule has 1 aliphatic heterocycles. The highest BCUT2D eigenvalue weighted by Crippen LogP contribution is 2.36. The van der Waals surface area contributed by atoms with Crippen LogP contribution in [-0.2, 0) is 16.0 Å². The van der Waals surface area contributed by atoms with Gasteiger partial charge in [0.2, 0.25) is 5.91 Å². The van der Waals surface area contributed by atoms with Gasteiger partial charge in [-0.05, 0) is 55.1 Å². The molecule has 1 aromatic carbocycles. The lowest BCUT2D eigenvalue weighted by atomic mass is 9.77. The van der Waals surface area contributed by atoms with Crippen molar-refractivity contribution >= 4 is 17.8 Å². The Morgan fingerprint density at radius 3 is 2.38 bits per heavy atom. The molecular weight excluding hydrogens is 366 g/mol. The molecule has 1 aromatic rings. The Morgan fingerprint density at radius 1 is 1.21 bits per heavy atom. The molecular formula is C23H33N3O3. The predicted octanol–water partition coefficient (Wildman–Crippen LogP) is 3.56. The number of nitrogens with one attached hydrogen (secondary N) is 2. The van der Waals surface area contributed by atoms with E-state index in [1.165, 1.54) is 5.56 Å². The quantitative estimate of drug-likeness (QED) is 0.718. The van der Waals surface area contributed by atoms with Gasteiger partial charge in [0.25, 0.3) is 5.91 Å². The van der Waals surface area contributed by atoms with Gasteiger partial charge in [-0.1, -0.05) is 52.0 Å². The maximum absolute atomic E-state index is 13.0. The second-order valence-electron chi connectivity index (χ2n) is 8.97. The molecule has 6 nitrogen and oxygen atoms in total. The van der Waals surface area contributed by atoms with Gasteiger partial charge in [0.15, 0.2) is 0 Å². The molecule has 1 spiro atoms. The lowest BCUT2D eigenvalue weighted by Crippen LogP contribution is -2.50. The molecule has 0 aromatic heterocycles. The summed E-state index contributed by atoms with van der Waals surface area (Å²) >= 11 is 0. The lowest BCUT2D eigenvalue weighted by molar-refractivity contribution is -0.136. The van der Waals surface area contributed by atoms with Crippen LogP contribution in [0.25, 0.3) is 0 Å². The fourth-order valence-corrected chi connectivity index (χ4v) is 4.37. The molecule has 1 heterocycles. The van der Waals surface area contributed by atoms with E-state index in [1.807, 2.05) is 26.0 Å². The molecule has 0 bridgehead atoms. The Kier molecular flexibility index (Phi) is 6.30. The summed E-state index contributed by atoms with van der Waals surface area (Å²) in [4.78, 5) is 39.2. The molecule has 2 aliphatic rings. The van der Waals surface area contributed by atoms with Crippen LogP contribution in [0.2, 0.25) is 0 Å². The van der Waals surface area contributed by atoms with Crippen LogP contribution in [0, 0.1) is 11.8 Å². The average Bonchev–Trinajstić information content (AvgIpc) is 2.92. The third-order valence-corrected chi connectivity index (χ3v) is 6.41. The first-order valence-electron chi connectivity index (χ1n) is 10.8. The SMILES string of the molecule is CCc1ccc([C@@H](NC(=O)CN2C(=O)NC3(CCC(C)CC3)C2=O)C(C)C)cc1. The molecule has 1 atom stereocenters. The second kappa shape index (κ2) is 8.56. The van der Waals surface area contributed by atoms with Gasteiger partial charge in [0.05, 0.1) is 6.04 Å². The molecule has 1 aliphatic carbocycles. The maximum atomic E-state index is 13.0. The number of carbonyl (C=O) groups is 3. The number of imide groups is 1. The molecule has 1 saturated heterocycles. The van der Waals surface area contributed by atoms with Crippen molar-refractivity contribution in [2.24, 2.45) is 11.8 Å². The number of rotatable bonds is 6. The van der Waals surface area contributed by atoms with E-state index in [0.29, 0.717) is 18.8 Å². The first kappa shape index (κ1) is 21.3. The summed E-state index contributed by atoms with van der Waals surface area (Å²) in [6.45, 7) is 8.13. The van der Waals surface area contributed by atoms with Crippen molar-refractivity contribution in [3.8, 4) is 0 Å². The van der Waals surface area contributed by atoms with Crippen LogP contribution in [0.1, 0.15) is 70.5 Å². The van der Waals surface area contributed by atoms with Crippen molar-refractivity contribution in [3.63, 3.8) is 0 Å². The zero-order valence-corrected chi connectivity index (χ0v) is 18.0. The van der Waals surface area contributed by atoms with E-state index in [1.54, 1.807) is 0 Å². The van der Waals surface area contributed by atoms with Crippen molar-refractivity contribution in [3.05, 3.63) is 35.4 Å². The third kappa shape index (κ3) is 4.46. The van der Waals surface area contributed by atoms with Crippen LogP contribution in [-0.4, -0.2) is 34.8 Å². The van der Waals surface area contributed by atoms with Gasteiger partial charge in [0, 0.05) is 0 Å². The third-order valence-electron chi connectivity index (χ3n) is 6.41. The van der Waals surface area contributed by atoms with Gasteiger partial charge in [-0.15, -0.1) is 0 Å². The molecule has 3 rings (SSSR count). The molecule has 0 unspecified atom stereocenters. The number of amides is 4. The van der Waals surface area contributed by atoms with E-state index < -0.39 is 11.6 Å². The number of carbonyl (C=O) groups excluding carboxylic acids is 3. The molecule has 2 fully saturated rings. The number of benzene rings is 1. The molecule has 2 N–H and O–H groups in total. The normalized spacial score (nSPS) is 25.4. The number of aryl methyl sites for hydroxylation is 1. The van der Waals surface area contributed by atoms with Crippen LogP contribution in [0.3, 0.4) is 0 Å². The lowest BCUT2D eigenvalue weighted by Gasteiger charge is -2.33. The van der Waals surface area contributed by atoms with Gasteiger partial charge in [-0.2, -0.15) is 0 Å². The Labute approximate surface area is 173 Å². The zero-order valence-electron chi connectivity index (χ0n) is 18.0. The second-order valence-corrected chi connectivity index (χ2v) is 8.97. The zero-order chi connectivity index (χ0) is 21.2. The first-order chi connectivity index (χ1) is 13.8. The van der Waals surface area contributed by atoms with E-state index in [9.17, 15) is 14.4 Å². The summed E-state index contributed by atoms with van der Waals surface area (Å²) in [6, 6.07) is 7.60. The number of nitrogens with zero attached hydrogens (tertiary/aromatic N) is 1. The van der Waals surface area contributed by atoms with E-state index in [0.717, 1.165) is 29.7 Å². The van der Waals surface area contributed by atoms with E-state index >= 15 is 0 Å². The van der Waals surface area contributed by atoms with Gasteiger partial charge in [-0.3, -0.25) is 14.5 Å². The summed E-state index contributed by atoms with van der Waals surface area (Å²) < 4.78 is 0. The number of hydrogen-bond donors (Lipinski definition) is 2. The van der Waals surface area contributed by atoms with E-state index in [4.69, 9.17) is 0 Å². The van der Waals surface area contributed by atoms with Crippen molar-refractivity contribution in [1.82, 2.24) is 15.5 Å². The smallest absolute Gasteiger partial charge is 0.325 e. The highest BCUT2D eigenvalue weighted by molar-refractivity contribution is 6.09. The van der Waals surface area contributed by atoms with Crippen LogP contribution in [0.15, 0.2) is 24.3 Å². The molecule has 1 saturated carbocycles. The predicted molar refractivity (Wildman–Crippen MR) is 112 cm³/mol.